The van der Waals surface area contributed by atoms with Crippen molar-refractivity contribution in [3.8, 4) is 0 Å². The van der Waals surface area contributed by atoms with E-state index in [-0.39, 0.29) is 0 Å². The Bertz CT molecular complexity index is 107. The average molecular weight is 110 g/mol. The maximum Gasteiger partial charge on any atom is 0.0194 e. The fourth-order valence-corrected chi connectivity index (χ4v) is 2.38. The quantitative estimate of drug-likeness (QED) is 0.329. The fourth-order valence-electron chi connectivity index (χ4n) is 1.15. The zero-order valence-corrected chi connectivity index (χ0v) is 4.94. The molecule has 0 spiro atoms. The van der Waals surface area contributed by atoms with Crippen LogP contribution in [0.2, 0.25) is 0 Å². The molecule has 0 nitrogen and oxygen atoms in total. The molecule has 1 aliphatic heterocycles. The highest BCUT2D eigenvalue weighted by Crippen LogP contribution is 2.33. The van der Waals surface area contributed by atoms with Crippen molar-refractivity contribution in [2.24, 2.45) is 5.92 Å². The van der Waals surface area contributed by atoms with E-state index in [0.29, 0.717) is 0 Å². The summed E-state index contributed by atoms with van der Waals surface area (Å²) >= 11 is 0. The van der Waals surface area contributed by atoms with Gasteiger partial charge in [-0.05, 0) is 6.42 Å². The molecule has 0 N–H and O–H groups in total. The summed E-state index contributed by atoms with van der Waals surface area (Å²) in [5.41, 5.74) is 0.907. The first-order valence-electron chi connectivity index (χ1n) is 2.67. The second-order valence-corrected chi connectivity index (χ2v) is 3.41. The lowest BCUT2D eigenvalue weighted by molar-refractivity contribution is 0.857. The summed E-state index contributed by atoms with van der Waals surface area (Å²) in [6.45, 7) is 0. The van der Waals surface area contributed by atoms with Crippen molar-refractivity contribution in [1.82, 2.24) is 0 Å². The normalized spacial score (nSPS) is 45.7. The summed E-state index contributed by atoms with van der Waals surface area (Å²) in [7, 11) is 1.56. The van der Waals surface area contributed by atoms with Gasteiger partial charge in [0.05, 0.1) is 0 Å². The third-order valence-corrected chi connectivity index (χ3v) is 2.88. The Morgan fingerprint density at radius 2 is 2.43 bits per heavy atom. The maximum atomic E-state index is 2.39. The molecule has 1 heteroatoms. The lowest BCUT2D eigenvalue weighted by atomic mass is 10.2. The van der Waals surface area contributed by atoms with E-state index in [1.165, 1.54) is 6.42 Å². The Hall–Kier alpha value is -0.0900. The van der Waals surface area contributed by atoms with Crippen LogP contribution < -0.4 is 0 Å². The van der Waals surface area contributed by atoms with Crippen molar-refractivity contribution in [3.63, 3.8) is 0 Å². The highest BCUT2D eigenvalue weighted by atomic mass is 31.1. The lowest BCUT2D eigenvalue weighted by Gasteiger charge is -1.87. The first-order valence-corrected chi connectivity index (χ1v) is 3.70. The highest BCUT2D eigenvalue weighted by Gasteiger charge is 2.19. The molecule has 2 atom stereocenters. The van der Waals surface area contributed by atoms with Crippen LogP contribution in [0.5, 0.6) is 0 Å². The minimum absolute atomic E-state index is 0.853. The Balaban J connectivity index is 2.38. The summed E-state index contributed by atoms with van der Waals surface area (Å²) in [6, 6.07) is 0. The molecule has 7 heavy (non-hydrogen) atoms. The average Bonchev–Trinajstić information content (AvgIpc) is 2.22. The van der Waals surface area contributed by atoms with Gasteiger partial charge in [0.25, 0.3) is 0 Å². The summed E-state index contributed by atoms with van der Waals surface area (Å²) in [5.74, 6) is 3.25. The Morgan fingerprint density at radius 1 is 1.43 bits per heavy atom. The number of allylic oxidation sites excluding steroid dienone is 2. The topological polar surface area (TPSA) is 0 Å². The van der Waals surface area contributed by atoms with Crippen molar-refractivity contribution in [2.75, 3.05) is 0 Å². The smallest absolute Gasteiger partial charge is 0.0194 e. The van der Waals surface area contributed by atoms with Gasteiger partial charge in [0.1, 0.15) is 0 Å². The van der Waals surface area contributed by atoms with Crippen molar-refractivity contribution < 1.29 is 0 Å². The number of fused-ring (bicyclic) bond motifs is 2. The maximum absolute atomic E-state index is 2.39. The molecule has 2 unspecified atom stereocenters. The van der Waals surface area contributed by atoms with Gasteiger partial charge in [-0.1, -0.05) is 17.9 Å². The molecule has 0 fully saturated rings. The van der Waals surface area contributed by atoms with Gasteiger partial charge < -0.3 is 0 Å². The van der Waals surface area contributed by atoms with Crippen LogP contribution in [-0.4, -0.2) is 11.5 Å². The summed E-state index contributed by atoms with van der Waals surface area (Å²) in [5, 5.41) is 0. The molecule has 0 aromatic carbocycles. The second kappa shape index (κ2) is 1.20. The molecule has 0 radical (unpaired) electrons. The van der Waals surface area contributed by atoms with Crippen LogP contribution in [0.3, 0.4) is 0 Å². The predicted molar refractivity (Wildman–Crippen MR) is 34.0 cm³/mol. The van der Waals surface area contributed by atoms with E-state index >= 15 is 0 Å². The molecule has 0 saturated carbocycles. The van der Waals surface area contributed by atoms with Gasteiger partial charge in [0, 0.05) is 11.6 Å². The molecule has 2 bridgehead atoms. The van der Waals surface area contributed by atoms with Crippen LogP contribution in [0, 0.1) is 5.92 Å². The van der Waals surface area contributed by atoms with Crippen molar-refractivity contribution >= 4 is 14.0 Å². The van der Waals surface area contributed by atoms with Crippen LogP contribution in [-0.2, 0) is 0 Å². The van der Waals surface area contributed by atoms with Gasteiger partial charge in [0.2, 0.25) is 0 Å². The minimum Gasteiger partial charge on any atom is -0.101 e. The molecule has 1 heterocycles. The molecule has 0 amide bonds. The Labute approximate surface area is 45.0 Å². The van der Waals surface area contributed by atoms with Gasteiger partial charge >= 0.3 is 0 Å². The van der Waals surface area contributed by atoms with Gasteiger partial charge in [-0.15, -0.1) is 8.20 Å². The van der Waals surface area contributed by atoms with Crippen LogP contribution in [0.15, 0.2) is 12.2 Å². The number of hydrogen-bond acceptors (Lipinski definition) is 0. The molecule has 36 valence electrons. The first kappa shape index (κ1) is 3.86. The zero-order valence-electron chi connectivity index (χ0n) is 4.04. The van der Waals surface area contributed by atoms with Gasteiger partial charge in [-0.3, -0.25) is 0 Å². The van der Waals surface area contributed by atoms with E-state index < -0.39 is 0 Å². The summed E-state index contributed by atoms with van der Waals surface area (Å²) in [6.07, 6.45) is 6.06. The molecule has 0 aromatic heterocycles. The molecule has 0 aromatic rings. The summed E-state index contributed by atoms with van der Waals surface area (Å²) < 4.78 is 0. The van der Waals surface area contributed by atoms with Crippen LogP contribution in [0.1, 0.15) is 6.42 Å². The monoisotopic (exact) mass is 110 g/mol. The number of rotatable bonds is 0. The van der Waals surface area contributed by atoms with E-state index in [1.807, 2.05) is 0 Å². The molecular weight excluding hydrogens is 103 g/mol. The van der Waals surface area contributed by atoms with Gasteiger partial charge in [0.15, 0.2) is 0 Å². The predicted octanol–water partition coefficient (Wildman–Crippen LogP) is 1.69. The summed E-state index contributed by atoms with van der Waals surface area (Å²) in [4.78, 5) is 0. The first-order chi connectivity index (χ1) is 3.45. The van der Waals surface area contributed by atoms with E-state index in [0.717, 1.165) is 11.6 Å². The molecular formula is C6H7P. The van der Waals surface area contributed by atoms with E-state index in [1.54, 1.807) is 8.20 Å². The molecule has 1 aliphatic carbocycles. The Morgan fingerprint density at radius 3 is 2.57 bits per heavy atom. The lowest BCUT2D eigenvalue weighted by Crippen LogP contribution is -1.86. The van der Waals surface area contributed by atoms with Crippen LogP contribution in [0.4, 0.5) is 0 Å². The minimum atomic E-state index is 0.853. The molecule has 0 saturated heterocycles. The van der Waals surface area contributed by atoms with Gasteiger partial charge in [-0.25, -0.2) is 0 Å². The molecule has 2 rings (SSSR count). The van der Waals surface area contributed by atoms with Crippen LogP contribution in [0.25, 0.3) is 0 Å². The van der Waals surface area contributed by atoms with E-state index in [4.69, 9.17) is 0 Å². The van der Waals surface area contributed by atoms with Gasteiger partial charge in [-0.2, -0.15) is 0 Å². The van der Waals surface area contributed by atoms with Crippen molar-refractivity contribution in [1.29, 1.82) is 0 Å². The zero-order chi connectivity index (χ0) is 4.69. The fraction of sp³-hybridized carbons (Fsp3) is 0.500. The number of hydrogen-bond donors (Lipinski definition) is 0. The van der Waals surface area contributed by atoms with Crippen molar-refractivity contribution in [2.45, 2.75) is 12.1 Å². The van der Waals surface area contributed by atoms with E-state index in [2.05, 4.69) is 17.9 Å². The Kier molecular flexibility index (Phi) is 0.660. The third-order valence-electron chi connectivity index (χ3n) is 1.56. The second-order valence-electron chi connectivity index (χ2n) is 2.15. The standard InChI is InChI=1S/C6H7P/c1-2-6-3-5(1)4-7-6/h1-2,4-6H,3H2. The largest absolute Gasteiger partial charge is 0.101 e. The van der Waals surface area contributed by atoms with Crippen molar-refractivity contribution in [3.05, 3.63) is 12.2 Å². The third kappa shape index (κ3) is 0.467. The SMILES string of the molecule is C1=CC2CC1C=P2. The highest BCUT2D eigenvalue weighted by molar-refractivity contribution is 7.40. The van der Waals surface area contributed by atoms with E-state index in [9.17, 15) is 0 Å². The van der Waals surface area contributed by atoms with Crippen LogP contribution >= 0.6 is 8.20 Å². The molecule has 2 aliphatic rings.